The normalized spacial score (nSPS) is 11.8. The van der Waals surface area contributed by atoms with Gasteiger partial charge in [0.25, 0.3) is 0 Å². The number of fused-ring (bicyclic) bond motifs is 5. The van der Waals surface area contributed by atoms with Crippen molar-refractivity contribution in [2.24, 2.45) is 0 Å². The van der Waals surface area contributed by atoms with Gasteiger partial charge in [-0.25, -0.2) is 9.97 Å². The summed E-state index contributed by atoms with van der Waals surface area (Å²) in [6.45, 7) is 0. The Labute approximate surface area is 294 Å². The van der Waals surface area contributed by atoms with Crippen LogP contribution in [0.5, 0.6) is 23.0 Å². The zero-order valence-electron chi connectivity index (χ0n) is 27.4. The van der Waals surface area contributed by atoms with E-state index < -0.39 is 0 Å². The molecule has 0 aliphatic carbocycles. The minimum atomic E-state index is 0.681. The molecular weight excluding hydrogens is 627 g/mol. The highest BCUT2D eigenvalue weighted by Crippen LogP contribution is 2.48. The molecule has 1 aliphatic heterocycles. The zero-order valence-corrected chi connectivity index (χ0v) is 27.4. The van der Waals surface area contributed by atoms with Gasteiger partial charge in [-0.15, -0.1) is 0 Å². The van der Waals surface area contributed by atoms with Crippen molar-refractivity contribution in [2.45, 2.75) is 0 Å². The van der Waals surface area contributed by atoms with E-state index in [1.807, 2.05) is 66.7 Å². The average Bonchev–Trinajstić information content (AvgIpc) is 3.52. The zero-order chi connectivity index (χ0) is 33.7. The number of para-hydroxylation sites is 2. The number of hydrogen-bond donors (Lipinski definition) is 0. The van der Waals surface area contributed by atoms with Crippen LogP contribution in [0.1, 0.15) is 0 Å². The molecule has 240 valence electrons. The third-order valence-corrected chi connectivity index (χ3v) is 9.45. The van der Waals surface area contributed by atoms with E-state index in [0.717, 1.165) is 61.1 Å². The molecule has 0 unspecified atom stereocenters. The van der Waals surface area contributed by atoms with Crippen LogP contribution in [-0.4, -0.2) is 14.5 Å². The fourth-order valence-corrected chi connectivity index (χ4v) is 7.00. The summed E-state index contributed by atoms with van der Waals surface area (Å²) in [4.78, 5) is 10.1. The van der Waals surface area contributed by atoms with E-state index in [9.17, 15) is 0 Å². The molecule has 3 heterocycles. The lowest BCUT2D eigenvalue weighted by Crippen LogP contribution is -2.00. The molecule has 0 amide bonds. The first kappa shape index (κ1) is 29.0. The van der Waals surface area contributed by atoms with Gasteiger partial charge < -0.3 is 14.0 Å². The topological polar surface area (TPSA) is 49.2 Å². The van der Waals surface area contributed by atoms with Gasteiger partial charge in [0.1, 0.15) is 0 Å². The van der Waals surface area contributed by atoms with E-state index in [0.29, 0.717) is 28.8 Å². The average molecular weight is 656 g/mol. The summed E-state index contributed by atoms with van der Waals surface area (Å²) in [6.07, 6.45) is 0. The first-order valence-corrected chi connectivity index (χ1v) is 17.0. The number of aromatic nitrogens is 3. The molecule has 0 N–H and O–H groups in total. The number of rotatable bonds is 5. The second-order valence-corrected chi connectivity index (χ2v) is 12.6. The highest BCUT2D eigenvalue weighted by molar-refractivity contribution is 6.11. The molecule has 7 aromatic carbocycles. The van der Waals surface area contributed by atoms with Gasteiger partial charge in [0.05, 0.1) is 22.4 Å². The van der Waals surface area contributed by atoms with Crippen LogP contribution in [0, 0.1) is 0 Å². The summed E-state index contributed by atoms with van der Waals surface area (Å²) in [5.74, 6) is 3.47. The number of ether oxygens (including phenoxy) is 2. The molecule has 0 saturated heterocycles. The van der Waals surface area contributed by atoms with Crippen LogP contribution < -0.4 is 9.47 Å². The van der Waals surface area contributed by atoms with Crippen molar-refractivity contribution in [2.75, 3.05) is 0 Å². The predicted octanol–water partition coefficient (Wildman–Crippen LogP) is 12.1. The van der Waals surface area contributed by atoms with E-state index in [1.165, 1.54) is 5.56 Å². The minimum absolute atomic E-state index is 0.681. The van der Waals surface area contributed by atoms with Crippen molar-refractivity contribution in [1.29, 1.82) is 0 Å². The first-order valence-electron chi connectivity index (χ1n) is 17.0. The smallest absolute Gasteiger partial charge is 0.172 e. The summed E-state index contributed by atoms with van der Waals surface area (Å²) >= 11 is 0. The molecule has 9 aromatic rings. The maximum atomic E-state index is 6.41. The van der Waals surface area contributed by atoms with Gasteiger partial charge >= 0.3 is 0 Å². The second-order valence-electron chi connectivity index (χ2n) is 12.6. The predicted molar refractivity (Wildman–Crippen MR) is 205 cm³/mol. The van der Waals surface area contributed by atoms with E-state index in [-0.39, 0.29) is 0 Å². The van der Waals surface area contributed by atoms with Crippen molar-refractivity contribution in [3.05, 3.63) is 176 Å². The van der Waals surface area contributed by atoms with Gasteiger partial charge in [-0.05, 0) is 59.7 Å². The molecule has 2 aromatic heterocycles. The molecule has 5 nitrogen and oxygen atoms in total. The molecule has 10 rings (SSSR count). The highest BCUT2D eigenvalue weighted by Gasteiger charge is 2.23. The Morgan fingerprint density at radius 1 is 0.353 bits per heavy atom. The minimum Gasteiger partial charge on any atom is -0.449 e. The molecule has 0 atom stereocenters. The molecular formula is C46H29N3O2. The van der Waals surface area contributed by atoms with Crippen LogP contribution in [0.2, 0.25) is 0 Å². The molecule has 51 heavy (non-hydrogen) atoms. The van der Waals surface area contributed by atoms with Gasteiger partial charge in [-0.1, -0.05) is 121 Å². The lowest BCUT2D eigenvalue weighted by Gasteiger charge is -2.20. The van der Waals surface area contributed by atoms with Crippen molar-refractivity contribution in [3.8, 4) is 73.7 Å². The quantitative estimate of drug-likeness (QED) is 0.185. The third-order valence-electron chi connectivity index (χ3n) is 9.45. The molecule has 0 radical (unpaired) electrons. The summed E-state index contributed by atoms with van der Waals surface area (Å²) < 4.78 is 15.1. The van der Waals surface area contributed by atoms with Gasteiger partial charge in [0, 0.05) is 39.2 Å². The van der Waals surface area contributed by atoms with Crippen molar-refractivity contribution in [1.82, 2.24) is 14.5 Å². The molecule has 0 fully saturated rings. The van der Waals surface area contributed by atoms with E-state index in [4.69, 9.17) is 19.4 Å². The van der Waals surface area contributed by atoms with Crippen molar-refractivity contribution in [3.63, 3.8) is 0 Å². The molecule has 1 aliphatic rings. The largest absolute Gasteiger partial charge is 0.449 e. The molecule has 0 spiro atoms. The molecule has 0 bridgehead atoms. The van der Waals surface area contributed by atoms with Crippen LogP contribution >= 0.6 is 0 Å². The number of hydrogen-bond acceptors (Lipinski definition) is 4. The lowest BCUT2D eigenvalue weighted by atomic mass is 10.0. The Morgan fingerprint density at radius 3 is 1.63 bits per heavy atom. The van der Waals surface area contributed by atoms with Crippen LogP contribution in [0.3, 0.4) is 0 Å². The summed E-state index contributed by atoms with van der Waals surface area (Å²) in [6, 6.07) is 60.3. The van der Waals surface area contributed by atoms with Crippen LogP contribution in [-0.2, 0) is 0 Å². The van der Waals surface area contributed by atoms with Gasteiger partial charge in [-0.3, -0.25) is 0 Å². The first-order chi connectivity index (χ1) is 25.2. The van der Waals surface area contributed by atoms with Crippen molar-refractivity contribution < 1.29 is 9.47 Å². The Kier molecular flexibility index (Phi) is 6.74. The Morgan fingerprint density at radius 2 is 0.922 bits per heavy atom. The van der Waals surface area contributed by atoms with Crippen molar-refractivity contribution >= 4 is 21.8 Å². The van der Waals surface area contributed by atoms with Crippen LogP contribution in [0.4, 0.5) is 0 Å². The Hall–Kier alpha value is -6.98. The van der Waals surface area contributed by atoms with Gasteiger partial charge in [-0.2, -0.15) is 0 Å². The van der Waals surface area contributed by atoms with E-state index in [2.05, 4.69) is 114 Å². The Bertz CT molecular complexity index is 2680. The van der Waals surface area contributed by atoms with Crippen LogP contribution in [0.15, 0.2) is 176 Å². The van der Waals surface area contributed by atoms with Crippen LogP contribution in [0.25, 0.3) is 72.5 Å². The standard InChI is InChI=1S/C46H29N3O2/c1-4-13-30(14-5-1)33-23-24-40-36(26-33)37-27-44-45(51-43-22-11-10-21-42(43)50-44)29-41(37)49(40)35-20-12-19-34(25-35)39-28-38(31-15-6-2-7-16-31)47-46(48-39)32-17-8-3-9-18-32/h1-29H. The van der Waals surface area contributed by atoms with E-state index in [1.54, 1.807) is 0 Å². The highest BCUT2D eigenvalue weighted by atomic mass is 16.6. The third kappa shape index (κ3) is 5.11. The molecule has 5 heteroatoms. The summed E-state index contributed by atoms with van der Waals surface area (Å²) in [5, 5.41) is 2.21. The fraction of sp³-hybridized carbons (Fsp3) is 0. The summed E-state index contributed by atoms with van der Waals surface area (Å²) in [7, 11) is 0. The SMILES string of the molecule is c1ccc(-c2ccc3c(c2)c2cc4c(cc2n3-c2cccc(-c3cc(-c5ccccc5)nc(-c5ccccc5)n3)c2)Oc2ccccc2O4)cc1. The number of benzene rings is 7. The second kappa shape index (κ2) is 11.9. The lowest BCUT2D eigenvalue weighted by molar-refractivity contribution is 0.360. The fourth-order valence-electron chi connectivity index (χ4n) is 7.00. The van der Waals surface area contributed by atoms with Gasteiger partial charge in [0.15, 0.2) is 28.8 Å². The monoisotopic (exact) mass is 655 g/mol. The van der Waals surface area contributed by atoms with Gasteiger partial charge in [0.2, 0.25) is 0 Å². The Balaban J connectivity index is 1.18. The maximum Gasteiger partial charge on any atom is 0.172 e. The number of nitrogens with zero attached hydrogens (tertiary/aromatic N) is 3. The van der Waals surface area contributed by atoms with E-state index >= 15 is 0 Å². The maximum absolute atomic E-state index is 6.41. The molecule has 0 saturated carbocycles. The summed E-state index contributed by atoms with van der Waals surface area (Å²) in [5.41, 5.74) is 10.2.